The number of nitrogens with one attached hydrogen (secondary N) is 1. The predicted molar refractivity (Wildman–Crippen MR) is 97.0 cm³/mol. The van der Waals surface area contributed by atoms with Crippen molar-refractivity contribution >= 4 is 6.03 Å². The molecule has 2 fully saturated rings. The number of nitrogens with zero attached hydrogens (tertiary/aromatic N) is 3. The summed E-state index contributed by atoms with van der Waals surface area (Å²) in [6, 6.07) is 6.06. The monoisotopic (exact) mass is 356 g/mol. The molecule has 0 aliphatic heterocycles. The molecule has 1 aromatic heterocycles. The fourth-order valence-electron chi connectivity index (χ4n) is 3.89. The van der Waals surface area contributed by atoms with Crippen LogP contribution in [0.2, 0.25) is 0 Å². The number of carbonyl (C=O) groups is 1. The van der Waals surface area contributed by atoms with Crippen LogP contribution in [0.1, 0.15) is 43.1 Å². The Morgan fingerprint density at radius 3 is 2.54 bits per heavy atom. The van der Waals surface area contributed by atoms with E-state index in [0.29, 0.717) is 29.3 Å². The average Bonchev–Trinajstić information content (AvgIpc) is 3.54. The van der Waals surface area contributed by atoms with Gasteiger partial charge in [-0.05, 0) is 55.2 Å². The van der Waals surface area contributed by atoms with Crippen molar-refractivity contribution in [2.45, 2.75) is 37.8 Å². The van der Waals surface area contributed by atoms with Gasteiger partial charge in [0, 0.05) is 32.5 Å². The van der Waals surface area contributed by atoms with Crippen molar-refractivity contribution in [3.63, 3.8) is 0 Å². The highest BCUT2D eigenvalue weighted by Crippen LogP contribution is 2.46. The number of aryl methyl sites for hydroxylation is 1. The Morgan fingerprint density at radius 1 is 1.31 bits per heavy atom. The number of urea groups is 1. The maximum absolute atomic E-state index is 13.8. The van der Waals surface area contributed by atoms with E-state index >= 15 is 0 Å². The van der Waals surface area contributed by atoms with Crippen molar-refractivity contribution in [2.75, 3.05) is 7.05 Å². The van der Waals surface area contributed by atoms with Crippen molar-refractivity contribution < 1.29 is 9.18 Å². The van der Waals surface area contributed by atoms with Gasteiger partial charge in [-0.15, -0.1) is 0 Å². The zero-order valence-electron chi connectivity index (χ0n) is 15.2. The summed E-state index contributed by atoms with van der Waals surface area (Å²) >= 11 is 0. The highest BCUT2D eigenvalue weighted by Gasteiger charge is 2.45. The van der Waals surface area contributed by atoms with Crippen molar-refractivity contribution in [1.82, 2.24) is 19.8 Å². The third-order valence-electron chi connectivity index (χ3n) is 5.54. The van der Waals surface area contributed by atoms with Crippen LogP contribution in [0, 0.1) is 17.7 Å². The molecule has 0 spiro atoms. The fraction of sp³-hybridized carbons (Fsp3) is 0.500. The van der Waals surface area contributed by atoms with Crippen LogP contribution < -0.4 is 5.32 Å². The summed E-state index contributed by atoms with van der Waals surface area (Å²) in [5.41, 5.74) is 0.690. The second kappa shape index (κ2) is 6.74. The van der Waals surface area contributed by atoms with Gasteiger partial charge in [-0.2, -0.15) is 0 Å². The van der Waals surface area contributed by atoms with Gasteiger partial charge < -0.3 is 14.8 Å². The molecule has 4 rings (SSSR count). The lowest BCUT2D eigenvalue weighted by atomic mass is 10.0. The zero-order valence-corrected chi connectivity index (χ0v) is 15.2. The summed E-state index contributed by atoms with van der Waals surface area (Å²) in [5, 5.41) is 3.09. The van der Waals surface area contributed by atoms with Crippen LogP contribution in [0.3, 0.4) is 0 Å². The van der Waals surface area contributed by atoms with Crippen LogP contribution in [0.5, 0.6) is 0 Å². The number of amides is 2. The molecule has 138 valence electrons. The van der Waals surface area contributed by atoms with Gasteiger partial charge in [-0.3, -0.25) is 0 Å². The van der Waals surface area contributed by atoms with Gasteiger partial charge in [0.05, 0.1) is 0 Å². The lowest BCUT2D eigenvalue weighted by Gasteiger charge is -2.30. The molecule has 1 N–H and O–H groups in total. The van der Waals surface area contributed by atoms with Gasteiger partial charge >= 0.3 is 6.03 Å². The van der Waals surface area contributed by atoms with Crippen LogP contribution in [-0.4, -0.2) is 33.6 Å². The van der Waals surface area contributed by atoms with Crippen molar-refractivity contribution in [1.29, 1.82) is 0 Å². The van der Waals surface area contributed by atoms with Crippen LogP contribution in [0.25, 0.3) is 0 Å². The molecule has 1 heterocycles. The second-order valence-electron chi connectivity index (χ2n) is 7.61. The Hall–Kier alpha value is -2.37. The topological polar surface area (TPSA) is 50.2 Å². The number of imidazole rings is 1. The van der Waals surface area contributed by atoms with E-state index in [1.807, 2.05) is 35.8 Å². The van der Waals surface area contributed by atoms with Gasteiger partial charge in [0.25, 0.3) is 0 Å². The summed E-state index contributed by atoms with van der Waals surface area (Å²) in [6.07, 6.45) is 8.37. The smallest absolute Gasteiger partial charge is 0.318 e. The summed E-state index contributed by atoms with van der Waals surface area (Å²) < 4.78 is 15.6. The fourth-order valence-corrected chi connectivity index (χ4v) is 3.89. The molecule has 26 heavy (non-hydrogen) atoms. The Labute approximate surface area is 153 Å². The minimum atomic E-state index is -0.486. The van der Waals surface area contributed by atoms with E-state index in [2.05, 4.69) is 10.3 Å². The molecule has 5 nitrogen and oxygen atoms in total. The quantitative estimate of drug-likeness (QED) is 0.861. The van der Waals surface area contributed by atoms with E-state index in [4.69, 9.17) is 0 Å². The van der Waals surface area contributed by atoms with Crippen molar-refractivity contribution in [3.8, 4) is 0 Å². The van der Waals surface area contributed by atoms with Gasteiger partial charge in [0.2, 0.25) is 0 Å². The first-order valence-electron chi connectivity index (χ1n) is 9.30. The second-order valence-corrected chi connectivity index (χ2v) is 7.61. The maximum atomic E-state index is 13.8. The number of halogens is 1. The molecule has 1 aromatic carbocycles. The standard InChI is InChI=1S/C20H25FN4O/c1-24-11-10-22-19(24)17(15-4-3-5-16(21)12-15)23-20(26)25(2)18(13-6-7-13)14-8-9-14/h3-5,10-14,17-18H,6-9H2,1-2H3,(H,23,26). The van der Waals surface area contributed by atoms with E-state index < -0.39 is 6.04 Å². The van der Waals surface area contributed by atoms with Crippen LogP contribution >= 0.6 is 0 Å². The molecule has 0 radical (unpaired) electrons. The molecule has 1 atom stereocenters. The number of hydrogen-bond donors (Lipinski definition) is 1. The first-order chi connectivity index (χ1) is 12.5. The molecule has 2 aromatic rings. The number of benzene rings is 1. The largest absolute Gasteiger partial charge is 0.336 e. The summed E-state index contributed by atoms with van der Waals surface area (Å²) in [7, 11) is 3.76. The van der Waals surface area contributed by atoms with Gasteiger partial charge in [0.1, 0.15) is 17.7 Å². The molecule has 2 aliphatic carbocycles. The molecule has 1 unspecified atom stereocenters. The maximum Gasteiger partial charge on any atom is 0.318 e. The molecule has 2 aliphatic rings. The van der Waals surface area contributed by atoms with Gasteiger partial charge in [-0.1, -0.05) is 12.1 Å². The van der Waals surface area contributed by atoms with E-state index in [-0.39, 0.29) is 11.8 Å². The Morgan fingerprint density at radius 2 is 2.00 bits per heavy atom. The molecule has 0 bridgehead atoms. The Bertz CT molecular complexity index is 785. The minimum Gasteiger partial charge on any atom is -0.336 e. The number of carbonyl (C=O) groups excluding carboxylic acids is 1. The molecular weight excluding hydrogens is 331 g/mol. The SMILES string of the molecule is CN(C(=O)NC(c1cccc(F)c1)c1nccn1C)C(C1CC1)C1CC1. The van der Waals surface area contributed by atoms with E-state index in [1.165, 1.54) is 37.8 Å². The highest BCUT2D eigenvalue weighted by atomic mass is 19.1. The Kier molecular flexibility index (Phi) is 4.42. The number of aromatic nitrogens is 2. The van der Waals surface area contributed by atoms with E-state index in [9.17, 15) is 9.18 Å². The summed E-state index contributed by atoms with van der Waals surface area (Å²) in [5.74, 6) is 1.64. The number of hydrogen-bond acceptors (Lipinski definition) is 2. The van der Waals surface area contributed by atoms with Crippen LogP contribution in [0.4, 0.5) is 9.18 Å². The molecule has 0 saturated heterocycles. The first-order valence-corrected chi connectivity index (χ1v) is 9.30. The predicted octanol–water partition coefficient (Wildman–Crippen LogP) is 3.48. The van der Waals surface area contributed by atoms with Crippen LogP contribution in [-0.2, 0) is 7.05 Å². The molecular formula is C20H25FN4O. The molecule has 6 heteroatoms. The third kappa shape index (κ3) is 3.45. The highest BCUT2D eigenvalue weighted by molar-refractivity contribution is 5.75. The first kappa shape index (κ1) is 17.1. The Balaban J connectivity index is 1.58. The van der Waals surface area contributed by atoms with E-state index in [1.54, 1.807) is 12.3 Å². The third-order valence-corrected chi connectivity index (χ3v) is 5.54. The van der Waals surface area contributed by atoms with Crippen molar-refractivity contribution in [3.05, 3.63) is 53.9 Å². The van der Waals surface area contributed by atoms with Gasteiger partial charge in [0.15, 0.2) is 0 Å². The molecule has 2 saturated carbocycles. The zero-order chi connectivity index (χ0) is 18.3. The lowest BCUT2D eigenvalue weighted by molar-refractivity contribution is 0.171. The van der Waals surface area contributed by atoms with Gasteiger partial charge in [-0.25, -0.2) is 14.2 Å². The lowest BCUT2D eigenvalue weighted by Crippen LogP contribution is -2.47. The average molecular weight is 356 g/mol. The van der Waals surface area contributed by atoms with Crippen LogP contribution in [0.15, 0.2) is 36.7 Å². The van der Waals surface area contributed by atoms with E-state index in [0.717, 1.165) is 0 Å². The van der Waals surface area contributed by atoms with Crippen molar-refractivity contribution in [2.24, 2.45) is 18.9 Å². The normalized spacial score (nSPS) is 18.0. The molecule has 2 amide bonds. The number of rotatable bonds is 6. The summed E-state index contributed by atoms with van der Waals surface area (Å²) in [6.45, 7) is 0. The minimum absolute atomic E-state index is 0.119. The summed E-state index contributed by atoms with van der Waals surface area (Å²) in [4.78, 5) is 19.3.